The number of aliphatic hydroxyl groups is 1. The molecule has 0 saturated carbocycles. The molecule has 9 aromatic rings. The second kappa shape index (κ2) is 38.0. The number of rotatable bonds is 35. The minimum Gasteiger partial charge on any atom is -0.463 e. The molecule has 3 heterocycles. The van der Waals surface area contributed by atoms with E-state index in [2.05, 4.69) is 0 Å². The lowest BCUT2D eigenvalue weighted by Gasteiger charge is -2.48. The smallest absolute Gasteiger partial charge is 0.302 e. The maximum Gasteiger partial charge on any atom is 0.302 e. The van der Waals surface area contributed by atoms with Gasteiger partial charge in [-0.25, -0.2) is 0 Å². The minimum atomic E-state index is -1.51. The van der Waals surface area contributed by atoms with Crippen molar-refractivity contribution in [3.05, 3.63) is 323 Å². The van der Waals surface area contributed by atoms with Gasteiger partial charge in [-0.1, -0.05) is 273 Å². The fourth-order valence-electron chi connectivity index (χ4n) is 12.5. The van der Waals surface area contributed by atoms with Gasteiger partial charge in [-0.2, -0.15) is 0 Å². The van der Waals surface area contributed by atoms with Crippen molar-refractivity contribution in [2.24, 2.45) is 0 Å². The monoisotopic (exact) mass is 1360 g/mol. The molecule has 522 valence electrons. The Bertz CT molecular complexity index is 3730. The Morgan fingerprint density at radius 1 is 0.260 bits per heavy atom. The number of carbonyl (C=O) groups is 1. The Hall–Kier alpha value is -8.15. The predicted octanol–water partition coefficient (Wildman–Crippen LogP) is 13.0. The highest BCUT2D eigenvalue weighted by Gasteiger charge is 2.54. The van der Waals surface area contributed by atoms with Gasteiger partial charge in [0.25, 0.3) is 0 Å². The average molecular weight is 1360 g/mol. The van der Waals surface area contributed by atoms with Gasteiger partial charge >= 0.3 is 5.97 Å². The summed E-state index contributed by atoms with van der Waals surface area (Å²) in [5.74, 6) is -0.508. The topological polar surface area (TPSA) is 176 Å². The van der Waals surface area contributed by atoms with Gasteiger partial charge in [-0.3, -0.25) is 4.79 Å². The summed E-state index contributed by atoms with van der Waals surface area (Å²) >= 11 is 0. The van der Waals surface area contributed by atoms with Crippen LogP contribution < -0.4 is 0 Å². The number of esters is 1. The van der Waals surface area contributed by atoms with Crippen molar-refractivity contribution in [1.29, 1.82) is 0 Å². The molecule has 3 aliphatic heterocycles. The Balaban J connectivity index is 0.916. The highest BCUT2D eigenvalue weighted by Crippen LogP contribution is 2.37. The fourth-order valence-corrected chi connectivity index (χ4v) is 12.5. The zero-order valence-corrected chi connectivity index (χ0v) is 56.1. The van der Waals surface area contributed by atoms with Crippen LogP contribution in [0.15, 0.2) is 273 Å². The number of benzene rings is 9. The second-order valence-corrected chi connectivity index (χ2v) is 25.0. The molecule has 17 heteroatoms. The van der Waals surface area contributed by atoms with Crippen LogP contribution in [0, 0.1) is 0 Å². The van der Waals surface area contributed by atoms with Crippen molar-refractivity contribution in [2.75, 3.05) is 19.8 Å². The van der Waals surface area contributed by atoms with Crippen LogP contribution in [0.25, 0.3) is 0 Å². The molecule has 100 heavy (non-hydrogen) atoms. The van der Waals surface area contributed by atoms with Gasteiger partial charge in [-0.05, 0) is 50.1 Å². The fraction of sp³-hybridized carbons (Fsp3) is 0.337. The molecule has 9 aromatic carbocycles. The van der Waals surface area contributed by atoms with E-state index in [4.69, 9.17) is 71.1 Å². The van der Waals surface area contributed by atoms with Crippen molar-refractivity contribution in [2.45, 2.75) is 159 Å². The van der Waals surface area contributed by atoms with Crippen LogP contribution in [0.2, 0.25) is 0 Å². The van der Waals surface area contributed by atoms with Gasteiger partial charge in [0.1, 0.15) is 79.9 Å². The van der Waals surface area contributed by atoms with E-state index in [1.807, 2.05) is 273 Å². The molecule has 0 unspecified atom stereocenters. The van der Waals surface area contributed by atoms with E-state index in [1.54, 1.807) is 0 Å². The third-order valence-electron chi connectivity index (χ3n) is 17.7. The van der Waals surface area contributed by atoms with E-state index in [1.165, 1.54) is 6.92 Å². The normalized spacial score (nSPS) is 25.2. The van der Waals surface area contributed by atoms with Crippen molar-refractivity contribution in [3.63, 3.8) is 0 Å². The number of aliphatic hydroxyl groups excluding tert-OH is 1. The zero-order valence-electron chi connectivity index (χ0n) is 56.1. The first kappa shape index (κ1) is 71.7. The third kappa shape index (κ3) is 21.0. The molecule has 15 atom stereocenters. The van der Waals surface area contributed by atoms with Crippen molar-refractivity contribution in [1.82, 2.24) is 0 Å². The van der Waals surface area contributed by atoms with Crippen molar-refractivity contribution >= 4 is 5.97 Å². The average Bonchev–Trinajstić information content (AvgIpc) is 0.786. The molecule has 0 radical (unpaired) electrons. The van der Waals surface area contributed by atoms with Crippen LogP contribution >= 0.6 is 0 Å². The van der Waals surface area contributed by atoms with Crippen LogP contribution in [0.3, 0.4) is 0 Å². The van der Waals surface area contributed by atoms with E-state index >= 15 is 0 Å². The number of carbonyl (C=O) groups excluding carboxylic acids is 1. The summed E-state index contributed by atoms with van der Waals surface area (Å²) < 4.78 is 104. The first-order valence-electron chi connectivity index (χ1n) is 34.2. The summed E-state index contributed by atoms with van der Waals surface area (Å²) in [7, 11) is 0. The Morgan fingerprint density at radius 3 is 0.710 bits per heavy atom. The second-order valence-electron chi connectivity index (χ2n) is 25.0. The van der Waals surface area contributed by atoms with Crippen molar-refractivity contribution in [3.8, 4) is 0 Å². The first-order valence-corrected chi connectivity index (χ1v) is 34.2. The molecule has 3 aliphatic rings. The van der Waals surface area contributed by atoms with Crippen LogP contribution in [0.5, 0.6) is 0 Å². The maximum atomic E-state index is 12.8. The van der Waals surface area contributed by atoms with E-state index in [9.17, 15) is 9.90 Å². The lowest BCUT2D eigenvalue weighted by molar-refractivity contribution is -0.360. The summed E-state index contributed by atoms with van der Waals surface area (Å²) in [4.78, 5) is 12.8. The lowest BCUT2D eigenvalue weighted by Crippen LogP contribution is -2.64. The van der Waals surface area contributed by atoms with Gasteiger partial charge in [-0.15, -0.1) is 0 Å². The third-order valence-corrected chi connectivity index (χ3v) is 17.7. The molecule has 12 rings (SSSR count). The Morgan fingerprint density at radius 2 is 0.460 bits per heavy atom. The summed E-state index contributed by atoms with van der Waals surface area (Å²) in [5, 5.41) is 12.3. The van der Waals surface area contributed by atoms with Crippen molar-refractivity contribution < 1.29 is 81.0 Å². The summed E-state index contributed by atoms with van der Waals surface area (Å²) in [6.07, 6.45) is -15.4. The van der Waals surface area contributed by atoms with E-state index in [-0.39, 0.29) is 79.3 Å². The van der Waals surface area contributed by atoms with Crippen LogP contribution in [-0.4, -0.2) is 123 Å². The maximum absolute atomic E-state index is 12.8. The molecule has 0 spiro atoms. The molecule has 3 saturated heterocycles. The molecule has 3 fully saturated rings. The molecule has 17 nitrogen and oxygen atoms in total. The zero-order chi connectivity index (χ0) is 68.3. The van der Waals surface area contributed by atoms with Gasteiger partial charge in [0.15, 0.2) is 18.9 Å². The minimum absolute atomic E-state index is 0.127. The van der Waals surface area contributed by atoms with Gasteiger partial charge < -0.3 is 76.2 Å². The first-order chi connectivity index (χ1) is 49.3. The van der Waals surface area contributed by atoms with Crippen LogP contribution in [0.1, 0.15) is 57.0 Å². The largest absolute Gasteiger partial charge is 0.463 e. The highest BCUT2D eigenvalue weighted by atomic mass is 16.8. The molecule has 0 amide bonds. The SMILES string of the molecule is CC(=O)OC[C@H]1O[C@H](OC[C@H]2O[C@H](OC[C@H]3O[C@H](O)[C@@H](OCc4ccccc4)[C@@H](OCc4ccccc4)[C@@H]3OCc3ccccc3)[C@@H](OCc3ccccc3)[C@@H](OCc3ccccc3)[C@@H]2OCc2ccccc2)[C@@H](OCc2ccccc2)[C@@H](OCc2ccccc2)[C@@H]1OCc1ccccc1. The van der Waals surface area contributed by atoms with Crippen LogP contribution in [-0.2, 0) is 135 Å². The molecule has 0 aliphatic carbocycles. The van der Waals surface area contributed by atoms with Gasteiger partial charge in [0, 0.05) is 6.92 Å². The Labute approximate surface area is 585 Å². The molecule has 0 bridgehead atoms. The molecule has 1 N–H and O–H groups in total. The molecular weight excluding hydrogens is 1270 g/mol. The predicted molar refractivity (Wildman–Crippen MR) is 372 cm³/mol. The summed E-state index contributed by atoms with van der Waals surface area (Å²) in [6, 6.07) is 88.4. The van der Waals surface area contributed by atoms with Gasteiger partial charge in [0.2, 0.25) is 0 Å². The number of hydrogen-bond acceptors (Lipinski definition) is 17. The molecule has 0 aromatic heterocycles. The summed E-state index contributed by atoms with van der Waals surface area (Å²) in [6.45, 7) is 2.10. The van der Waals surface area contributed by atoms with Gasteiger partial charge in [0.05, 0.1) is 72.7 Å². The highest BCUT2D eigenvalue weighted by molar-refractivity contribution is 5.65. The van der Waals surface area contributed by atoms with Crippen LogP contribution in [0.4, 0.5) is 0 Å². The molecular formula is C83H88O17. The number of hydrogen-bond donors (Lipinski definition) is 1. The standard InChI is InChI=1S/C83H88O17/c1-59(84)86-56-70-73(88-48-61-31-13-3-14-32-61)76(91-51-64-37-19-6-20-38-64)79(94-54-67-43-25-9-26-44-67)83(99-70)97-58-71-74(89-49-62-33-15-4-16-34-62)77(92-52-65-39-21-7-22-40-65)80(95-55-68-45-27-10-28-46-68)82(100-71)96-57-69-72(87-47-60-29-11-2-12-30-60)75(90-50-63-35-17-5-18-36-63)78(81(85)98-69)93-53-66-41-23-8-24-42-66/h2-46,69-83,85H,47-58H2,1H3/t69-,70-,71-,72-,73-,74-,75+,76+,77+,78+,79+,80+,81+,82+,83+/m1/s1. The quantitative estimate of drug-likeness (QED) is 0.0371. The summed E-state index contributed by atoms with van der Waals surface area (Å²) in [5.41, 5.74) is 8.10. The number of ether oxygens (including phenoxy) is 15. The lowest BCUT2D eigenvalue weighted by atomic mass is 9.96. The Kier molecular flexibility index (Phi) is 27.3. The van der Waals surface area contributed by atoms with E-state index in [0.29, 0.717) is 0 Å². The van der Waals surface area contributed by atoms with E-state index < -0.39 is 98.1 Å². The van der Waals surface area contributed by atoms with E-state index in [0.717, 1.165) is 50.1 Å².